The molecule has 0 radical (unpaired) electrons. The van der Waals surface area contributed by atoms with Gasteiger partial charge in [0.05, 0.1) is 24.3 Å². The second-order valence-corrected chi connectivity index (χ2v) is 7.08. The fourth-order valence-electron chi connectivity index (χ4n) is 2.02. The lowest BCUT2D eigenvalue weighted by atomic mass is 10.2. The summed E-state index contributed by atoms with van der Waals surface area (Å²) in [5.41, 5.74) is 0.248. The Morgan fingerprint density at radius 3 is 2.74 bits per heavy atom. The van der Waals surface area contributed by atoms with Gasteiger partial charge in [-0.15, -0.1) is 0 Å². The quantitative estimate of drug-likeness (QED) is 0.770. The summed E-state index contributed by atoms with van der Waals surface area (Å²) in [6.45, 7) is 0.366. The molecule has 0 fully saturated rings. The number of methoxy groups -OCH3 is 1. The Labute approximate surface area is 133 Å². The SMILES string of the molecule is COc1nc2ccn(CCN(C)S(C)(=O)=O)c(=O)c2cc1C#N. The van der Waals surface area contributed by atoms with Crippen LogP contribution < -0.4 is 10.3 Å². The second-order valence-electron chi connectivity index (χ2n) is 4.99. The highest BCUT2D eigenvalue weighted by Crippen LogP contribution is 2.19. The van der Waals surface area contributed by atoms with E-state index in [1.54, 1.807) is 12.3 Å². The lowest BCUT2D eigenvalue weighted by Gasteiger charge is -2.15. The van der Waals surface area contributed by atoms with E-state index in [9.17, 15) is 13.2 Å². The van der Waals surface area contributed by atoms with Crippen LogP contribution in [0.3, 0.4) is 0 Å². The fraction of sp³-hybridized carbons (Fsp3) is 0.357. The van der Waals surface area contributed by atoms with Crippen molar-refractivity contribution in [1.82, 2.24) is 13.9 Å². The maximum Gasteiger partial charge on any atom is 0.260 e. The molecule has 2 aromatic heterocycles. The van der Waals surface area contributed by atoms with Gasteiger partial charge in [-0.3, -0.25) is 4.79 Å². The summed E-state index contributed by atoms with van der Waals surface area (Å²) in [7, 11) is -0.456. The van der Waals surface area contributed by atoms with Crippen LogP contribution in [0.5, 0.6) is 5.88 Å². The molecule has 23 heavy (non-hydrogen) atoms. The minimum atomic E-state index is -3.30. The average Bonchev–Trinajstić information content (AvgIpc) is 2.51. The van der Waals surface area contributed by atoms with Crippen molar-refractivity contribution < 1.29 is 13.2 Å². The number of hydrogen-bond acceptors (Lipinski definition) is 6. The smallest absolute Gasteiger partial charge is 0.260 e. The van der Waals surface area contributed by atoms with E-state index in [1.807, 2.05) is 6.07 Å². The van der Waals surface area contributed by atoms with E-state index in [2.05, 4.69) is 4.98 Å². The van der Waals surface area contributed by atoms with Crippen molar-refractivity contribution in [3.63, 3.8) is 0 Å². The maximum absolute atomic E-state index is 12.5. The summed E-state index contributed by atoms with van der Waals surface area (Å²) >= 11 is 0. The number of aromatic nitrogens is 2. The third-order valence-electron chi connectivity index (χ3n) is 3.46. The summed E-state index contributed by atoms with van der Waals surface area (Å²) < 4.78 is 30.3. The maximum atomic E-state index is 12.5. The number of likely N-dealkylation sites (N-methyl/N-ethyl adjacent to an activating group) is 1. The van der Waals surface area contributed by atoms with Gasteiger partial charge in [0, 0.05) is 26.3 Å². The fourth-order valence-corrected chi connectivity index (χ4v) is 2.43. The Morgan fingerprint density at radius 1 is 1.48 bits per heavy atom. The molecule has 0 atom stereocenters. The molecule has 0 amide bonds. The van der Waals surface area contributed by atoms with Crippen molar-refractivity contribution in [2.45, 2.75) is 6.54 Å². The number of sulfonamides is 1. The van der Waals surface area contributed by atoms with Gasteiger partial charge in [-0.2, -0.15) is 5.26 Å². The second kappa shape index (κ2) is 6.36. The van der Waals surface area contributed by atoms with Crippen molar-refractivity contribution in [2.24, 2.45) is 0 Å². The van der Waals surface area contributed by atoms with Crippen LogP contribution >= 0.6 is 0 Å². The van der Waals surface area contributed by atoms with E-state index < -0.39 is 10.0 Å². The zero-order valence-corrected chi connectivity index (χ0v) is 13.8. The monoisotopic (exact) mass is 336 g/mol. The first kappa shape index (κ1) is 16.9. The van der Waals surface area contributed by atoms with Crippen LogP contribution in [0.2, 0.25) is 0 Å². The summed E-state index contributed by atoms with van der Waals surface area (Å²) in [5.74, 6) is 0.161. The van der Waals surface area contributed by atoms with Gasteiger partial charge in [-0.25, -0.2) is 17.7 Å². The minimum Gasteiger partial charge on any atom is -0.480 e. The van der Waals surface area contributed by atoms with Gasteiger partial charge in [0.2, 0.25) is 15.9 Å². The molecule has 0 aromatic carbocycles. The molecule has 0 saturated carbocycles. The Kier molecular flexibility index (Phi) is 4.68. The molecule has 2 heterocycles. The third-order valence-corrected chi connectivity index (χ3v) is 4.77. The number of rotatable bonds is 5. The van der Waals surface area contributed by atoms with Crippen LogP contribution in [0.15, 0.2) is 23.1 Å². The van der Waals surface area contributed by atoms with Gasteiger partial charge in [-0.05, 0) is 12.1 Å². The molecule has 0 unspecified atom stereocenters. The van der Waals surface area contributed by atoms with Crippen molar-refractivity contribution in [3.05, 3.63) is 34.2 Å². The topological polar surface area (TPSA) is 105 Å². The first-order valence-corrected chi connectivity index (χ1v) is 8.52. The highest BCUT2D eigenvalue weighted by molar-refractivity contribution is 7.88. The number of hydrogen-bond donors (Lipinski definition) is 0. The molecule has 0 bridgehead atoms. The highest BCUT2D eigenvalue weighted by Gasteiger charge is 2.13. The van der Waals surface area contributed by atoms with Gasteiger partial charge < -0.3 is 9.30 Å². The van der Waals surface area contributed by atoms with Gasteiger partial charge in [-0.1, -0.05) is 0 Å². The number of pyridine rings is 2. The summed E-state index contributed by atoms with van der Waals surface area (Å²) in [6, 6.07) is 4.99. The van der Waals surface area contributed by atoms with Gasteiger partial charge in [0.1, 0.15) is 11.6 Å². The van der Waals surface area contributed by atoms with E-state index in [4.69, 9.17) is 10.00 Å². The molecule has 2 rings (SSSR count). The van der Waals surface area contributed by atoms with Crippen LogP contribution in [0.25, 0.3) is 10.9 Å². The number of nitriles is 1. The Balaban J connectivity index is 2.43. The lowest BCUT2D eigenvalue weighted by Crippen LogP contribution is -2.32. The van der Waals surface area contributed by atoms with Crippen LogP contribution in [0.1, 0.15) is 5.56 Å². The number of ether oxygens (including phenoxy) is 1. The minimum absolute atomic E-state index is 0.161. The third kappa shape index (κ3) is 3.49. The Bertz CT molecular complexity index is 944. The molecule has 0 spiro atoms. The predicted molar refractivity (Wildman–Crippen MR) is 84.7 cm³/mol. The van der Waals surface area contributed by atoms with Crippen molar-refractivity contribution in [1.29, 1.82) is 5.26 Å². The van der Waals surface area contributed by atoms with Crippen LogP contribution in [0.4, 0.5) is 0 Å². The van der Waals surface area contributed by atoms with Crippen LogP contribution in [-0.2, 0) is 16.6 Å². The molecule has 8 nitrogen and oxygen atoms in total. The molecule has 9 heteroatoms. The van der Waals surface area contributed by atoms with E-state index >= 15 is 0 Å². The molecular formula is C14H16N4O4S. The summed E-state index contributed by atoms with van der Waals surface area (Å²) in [6.07, 6.45) is 2.64. The normalized spacial score (nSPS) is 11.6. The summed E-state index contributed by atoms with van der Waals surface area (Å²) in [5, 5.41) is 9.37. The Hall–Kier alpha value is -2.44. The molecule has 2 aromatic rings. The molecule has 0 aliphatic rings. The predicted octanol–water partition coefficient (Wildman–Crippen LogP) is 0.168. The zero-order chi connectivity index (χ0) is 17.2. The highest BCUT2D eigenvalue weighted by atomic mass is 32.2. The van der Waals surface area contributed by atoms with Crippen LogP contribution in [0, 0.1) is 11.3 Å². The molecule has 0 aliphatic heterocycles. The first-order chi connectivity index (χ1) is 10.8. The van der Waals surface area contributed by atoms with Crippen molar-refractivity contribution in [2.75, 3.05) is 27.0 Å². The summed E-state index contributed by atoms with van der Waals surface area (Å²) in [4.78, 5) is 16.6. The van der Waals surface area contributed by atoms with E-state index in [-0.39, 0.29) is 35.5 Å². The van der Waals surface area contributed by atoms with E-state index in [1.165, 1.54) is 24.8 Å². The van der Waals surface area contributed by atoms with Crippen LogP contribution in [-0.4, -0.2) is 49.2 Å². The molecule has 0 N–H and O–H groups in total. The average molecular weight is 336 g/mol. The first-order valence-electron chi connectivity index (χ1n) is 6.67. The Morgan fingerprint density at radius 2 is 2.17 bits per heavy atom. The largest absolute Gasteiger partial charge is 0.480 e. The molecule has 0 aliphatic carbocycles. The van der Waals surface area contributed by atoms with E-state index in [0.717, 1.165) is 10.6 Å². The molecule has 122 valence electrons. The molecular weight excluding hydrogens is 320 g/mol. The van der Waals surface area contributed by atoms with E-state index in [0.29, 0.717) is 5.52 Å². The van der Waals surface area contributed by atoms with Gasteiger partial charge in [0.25, 0.3) is 5.56 Å². The molecule has 0 saturated heterocycles. The van der Waals surface area contributed by atoms with Crippen molar-refractivity contribution in [3.8, 4) is 11.9 Å². The van der Waals surface area contributed by atoms with Gasteiger partial charge >= 0.3 is 0 Å². The number of nitrogens with zero attached hydrogens (tertiary/aromatic N) is 4. The van der Waals surface area contributed by atoms with Gasteiger partial charge in [0.15, 0.2) is 0 Å². The standard InChI is InChI=1S/C14H16N4O4S/c1-17(23(3,20)21)6-7-18-5-4-12-11(14(18)19)8-10(9-15)13(16-12)22-2/h4-5,8H,6-7H2,1-3H3. The van der Waals surface area contributed by atoms with Crippen molar-refractivity contribution >= 4 is 20.9 Å². The zero-order valence-electron chi connectivity index (χ0n) is 13.0. The number of fused-ring (bicyclic) bond motifs is 1. The lowest BCUT2D eigenvalue weighted by molar-refractivity contribution is 0.398.